The van der Waals surface area contributed by atoms with E-state index in [4.69, 9.17) is 15.1 Å². The monoisotopic (exact) mass is 254 g/mol. The van der Waals surface area contributed by atoms with Crippen LogP contribution in [0.2, 0.25) is 0 Å². The predicted octanol–water partition coefficient (Wildman–Crippen LogP) is 2.75. The molecule has 0 fully saturated rings. The van der Waals surface area contributed by atoms with Gasteiger partial charge >= 0.3 is 5.97 Å². The lowest BCUT2D eigenvalue weighted by Gasteiger charge is -2.11. The number of hydrogen-bond acceptors (Lipinski definition) is 4. The molecule has 0 bridgehead atoms. The van der Waals surface area contributed by atoms with Crippen LogP contribution in [0.25, 0.3) is 0 Å². The van der Waals surface area contributed by atoms with Gasteiger partial charge in [0.25, 0.3) is 0 Å². The molecule has 0 aliphatic carbocycles. The maximum atomic E-state index is 11.2. The maximum absolute atomic E-state index is 11.2. The first-order chi connectivity index (χ1) is 9.13. The van der Waals surface area contributed by atoms with Crippen molar-refractivity contribution >= 4 is 5.97 Å². The highest BCUT2D eigenvalue weighted by molar-refractivity contribution is 5.91. The van der Waals surface area contributed by atoms with Crippen LogP contribution in [-0.2, 0) is 0 Å². The van der Waals surface area contributed by atoms with Gasteiger partial charge in [0.15, 0.2) is 0 Å². The van der Waals surface area contributed by atoms with Gasteiger partial charge in [-0.1, -0.05) is 12.1 Å². The number of carboxylic acid groups (broad SMARTS) is 1. The average molecular weight is 254 g/mol. The summed E-state index contributed by atoms with van der Waals surface area (Å²) in [7, 11) is 0. The number of nitrogens with zero attached hydrogens (tertiary/aromatic N) is 2. The molecular formula is C14H10N2O3. The van der Waals surface area contributed by atoms with Gasteiger partial charge in [-0.3, -0.25) is 0 Å². The number of pyridine rings is 1. The zero-order valence-corrected chi connectivity index (χ0v) is 10.1. The summed E-state index contributed by atoms with van der Waals surface area (Å²) in [6.45, 7) is 1.73. The van der Waals surface area contributed by atoms with E-state index in [1.807, 2.05) is 6.07 Å². The summed E-state index contributed by atoms with van der Waals surface area (Å²) in [6, 6.07) is 9.93. The predicted molar refractivity (Wildman–Crippen MR) is 67.2 cm³/mol. The van der Waals surface area contributed by atoms with E-state index in [0.717, 1.165) is 0 Å². The van der Waals surface area contributed by atoms with E-state index >= 15 is 0 Å². The molecule has 0 aliphatic rings. The Morgan fingerprint density at radius 1 is 1.37 bits per heavy atom. The van der Waals surface area contributed by atoms with Gasteiger partial charge in [-0.25, -0.2) is 9.78 Å². The summed E-state index contributed by atoms with van der Waals surface area (Å²) in [5, 5.41) is 18.1. The summed E-state index contributed by atoms with van der Waals surface area (Å²) in [6.07, 6.45) is 1.48. The van der Waals surface area contributed by atoms with Crippen LogP contribution < -0.4 is 4.74 Å². The molecule has 1 heterocycles. The Bertz CT molecular complexity index is 675. The minimum Gasteiger partial charge on any atom is -0.478 e. The fourth-order valence-electron chi connectivity index (χ4n) is 1.61. The van der Waals surface area contributed by atoms with Crippen molar-refractivity contribution in [3.8, 4) is 17.7 Å². The van der Waals surface area contributed by atoms with Crippen LogP contribution in [0.15, 0.2) is 36.5 Å². The van der Waals surface area contributed by atoms with Gasteiger partial charge in [-0.2, -0.15) is 5.26 Å². The second-order valence-corrected chi connectivity index (χ2v) is 3.83. The molecule has 0 amide bonds. The second kappa shape index (κ2) is 5.19. The van der Waals surface area contributed by atoms with Crippen LogP contribution in [0.4, 0.5) is 0 Å². The van der Waals surface area contributed by atoms with E-state index < -0.39 is 5.97 Å². The highest BCUT2D eigenvalue weighted by atomic mass is 16.5. The summed E-state index contributed by atoms with van der Waals surface area (Å²) < 4.78 is 5.51. The first-order valence-electron chi connectivity index (χ1n) is 5.49. The van der Waals surface area contributed by atoms with Crippen LogP contribution in [0.3, 0.4) is 0 Å². The summed E-state index contributed by atoms with van der Waals surface area (Å²) in [5.41, 5.74) is 0.950. The Balaban J connectivity index is 2.50. The third-order valence-electron chi connectivity index (χ3n) is 2.53. The van der Waals surface area contributed by atoms with E-state index in [-0.39, 0.29) is 22.8 Å². The van der Waals surface area contributed by atoms with Crippen LogP contribution in [0, 0.1) is 18.3 Å². The van der Waals surface area contributed by atoms with Crippen LogP contribution in [-0.4, -0.2) is 16.1 Å². The Hall–Kier alpha value is -2.87. The van der Waals surface area contributed by atoms with Gasteiger partial charge in [-0.15, -0.1) is 0 Å². The van der Waals surface area contributed by atoms with Crippen LogP contribution in [0.1, 0.15) is 21.5 Å². The van der Waals surface area contributed by atoms with Crippen molar-refractivity contribution in [1.82, 2.24) is 4.98 Å². The zero-order valence-electron chi connectivity index (χ0n) is 10.1. The Labute approximate surface area is 109 Å². The molecule has 0 saturated heterocycles. The molecule has 0 aliphatic heterocycles. The molecular weight excluding hydrogens is 244 g/mol. The van der Waals surface area contributed by atoms with Crippen LogP contribution >= 0.6 is 0 Å². The van der Waals surface area contributed by atoms with Crippen molar-refractivity contribution in [3.05, 3.63) is 53.2 Å². The van der Waals surface area contributed by atoms with E-state index in [1.165, 1.54) is 12.3 Å². The smallest absolute Gasteiger partial charge is 0.339 e. The lowest BCUT2D eigenvalue weighted by atomic mass is 10.1. The maximum Gasteiger partial charge on any atom is 0.339 e. The van der Waals surface area contributed by atoms with Gasteiger partial charge in [-0.05, 0) is 30.7 Å². The number of ether oxygens (including phenoxy) is 1. The van der Waals surface area contributed by atoms with Crippen molar-refractivity contribution in [2.45, 2.75) is 6.92 Å². The fraction of sp³-hybridized carbons (Fsp3) is 0.0714. The third kappa shape index (κ3) is 2.53. The Kier molecular flexibility index (Phi) is 3.44. The number of aryl methyl sites for hydroxylation is 1. The molecule has 5 heteroatoms. The van der Waals surface area contributed by atoms with Crippen molar-refractivity contribution in [1.29, 1.82) is 5.26 Å². The summed E-state index contributed by atoms with van der Waals surface area (Å²) in [4.78, 5) is 15.1. The second-order valence-electron chi connectivity index (χ2n) is 3.83. The molecule has 2 aromatic rings. The lowest BCUT2D eigenvalue weighted by molar-refractivity contribution is 0.0694. The van der Waals surface area contributed by atoms with Gasteiger partial charge in [0.2, 0.25) is 5.88 Å². The lowest BCUT2D eigenvalue weighted by Crippen LogP contribution is -2.02. The molecule has 94 valence electrons. The number of hydrogen-bond donors (Lipinski definition) is 1. The molecule has 0 saturated carbocycles. The van der Waals surface area contributed by atoms with Crippen molar-refractivity contribution in [3.63, 3.8) is 0 Å². The van der Waals surface area contributed by atoms with Gasteiger partial charge in [0.1, 0.15) is 22.9 Å². The number of para-hydroxylation sites is 1. The summed E-state index contributed by atoms with van der Waals surface area (Å²) >= 11 is 0. The largest absolute Gasteiger partial charge is 0.478 e. The Morgan fingerprint density at radius 3 is 2.84 bits per heavy atom. The quantitative estimate of drug-likeness (QED) is 0.910. The number of aromatic carboxylic acids is 1. The molecule has 1 aromatic carbocycles. The molecule has 1 N–H and O–H groups in total. The summed E-state index contributed by atoms with van der Waals surface area (Å²) in [5.74, 6) is -0.792. The van der Waals surface area contributed by atoms with Gasteiger partial charge in [0, 0.05) is 6.20 Å². The van der Waals surface area contributed by atoms with Crippen LogP contribution in [0.5, 0.6) is 11.6 Å². The fourth-order valence-corrected chi connectivity index (χ4v) is 1.61. The third-order valence-corrected chi connectivity index (χ3v) is 2.53. The molecule has 2 rings (SSSR count). The molecule has 0 spiro atoms. The Morgan fingerprint density at radius 2 is 2.16 bits per heavy atom. The topological polar surface area (TPSA) is 83.2 Å². The van der Waals surface area contributed by atoms with E-state index in [9.17, 15) is 4.79 Å². The first-order valence-corrected chi connectivity index (χ1v) is 5.49. The van der Waals surface area contributed by atoms with E-state index in [2.05, 4.69) is 4.98 Å². The molecule has 0 unspecified atom stereocenters. The number of carbonyl (C=O) groups is 1. The normalized spacial score (nSPS) is 9.68. The number of benzene rings is 1. The minimum atomic E-state index is -1.09. The minimum absolute atomic E-state index is 0.0366. The standard InChI is InChI=1S/C14H10N2O3/c1-9-4-2-6-11(14(17)18)12(9)19-13-10(8-15)5-3-7-16-13/h2-7H,1H3,(H,17,18). The molecule has 19 heavy (non-hydrogen) atoms. The van der Waals surface area contributed by atoms with Crippen molar-refractivity contribution < 1.29 is 14.6 Å². The number of nitriles is 1. The number of rotatable bonds is 3. The highest BCUT2D eigenvalue weighted by Crippen LogP contribution is 2.29. The molecule has 0 atom stereocenters. The average Bonchev–Trinajstić information content (AvgIpc) is 2.41. The van der Waals surface area contributed by atoms with Crippen molar-refractivity contribution in [2.75, 3.05) is 0 Å². The molecule has 5 nitrogen and oxygen atoms in total. The molecule has 1 aromatic heterocycles. The number of carboxylic acids is 1. The van der Waals surface area contributed by atoms with Gasteiger partial charge in [0.05, 0.1) is 0 Å². The van der Waals surface area contributed by atoms with E-state index in [1.54, 1.807) is 31.2 Å². The van der Waals surface area contributed by atoms with Gasteiger partial charge < -0.3 is 9.84 Å². The molecule has 0 radical (unpaired) electrons. The highest BCUT2D eigenvalue weighted by Gasteiger charge is 2.16. The first kappa shape index (κ1) is 12.6. The zero-order chi connectivity index (χ0) is 13.8. The SMILES string of the molecule is Cc1cccc(C(=O)O)c1Oc1ncccc1C#N. The number of aromatic nitrogens is 1. The van der Waals surface area contributed by atoms with E-state index in [0.29, 0.717) is 5.56 Å². The van der Waals surface area contributed by atoms with Crippen molar-refractivity contribution in [2.24, 2.45) is 0 Å².